The molecular weight excluding hydrogens is 298 g/mol. The van der Waals surface area contributed by atoms with Crippen LogP contribution in [0.1, 0.15) is 0 Å². The molecule has 0 aliphatic carbocycles. The van der Waals surface area contributed by atoms with Crippen LogP contribution in [0.25, 0.3) is 16.3 Å². The molecule has 2 heterocycles. The van der Waals surface area contributed by atoms with Gasteiger partial charge in [-0.05, 0) is 18.2 Å². The fourth-order valence-electron chi connectivity index (χ4n) is 2.01. The number of rotatable bonds is 1. The minimum absolute atomic E-state index is 0.920. The largest absolute Gasteiger partial charge is 0.496 e. The number of halogens is 1. The van der Waals surface area contributed by atoms with Crippen molar-refractivity contribution in [2.45, 2.75) is 0 Å². The molecule has 21 heavy (non-hydrogen) atoms. The molecule has 2 aromatic heterocycles. The lowest BCUT2D eigenvalue weighted by atomic mass is 10.1. The Morgan fingerprint density at radius 2 is 1.71 bits per heavy atom. The molecule has 6 nitrogen and oxygen atoms in total. The average molecular weight is 310 g/mol. The number of benzene rings is 1. The van der Waals surface area contributed by atoms with Crippen molar-refractivity contribution < 1.29 is 38.0 Å². The van der Waals surface area contributed by atoms with Crippen molar-refractivity contribution in [1.82, 2.24) is 0 Å². The Hall–Kier alpha value is -1.96. The minimum Gasteiger partial charge on any atom is -0.496 e. The number of hydrogen-bond donors (Lipinski definition) is 0. The highest BCUT2D eigenvalue weighted by Crippen LogP contribution is 2.24. The molecule has 7 heteroatoms. The molecule has 0 atom stereocenters. The van der Waals surface area contributed by atoms with Crippen molar-refractivity contribution in [3.8, 4) is 5.75 Å². The predicted octanol–water partition coefficient (Wildman–Crippen LogP) is -2.17. The fourth-order valence-corrected chi connectivity index (χ4v) is 2.01. The highest BCUT2D eigenvalue weighted by molar-refractivity contribution is 5.89. The minimum atomic E-state index is -4.94. The van der Waals surface area contributed by atoms with Gasteiger partial charge in [-0.15, -0.1) is 10.2 Å². The number of methoxy groups -OCH3 is 1. The van der Waals surface area contributed by atoms with Crippen LogP contribution in [0.15, 0.2) is 54.9 Å². The van der Waals surface area contributed by atoms with E-state index >= 15 is 0 Å². The van der Waals surface area contributed by atoms with Crippen molar-refractivity contribution in [2.75, 3.05) is 7.11 Å². The highest BCUT2D eigenvalue weighted by Gasteiger charge is 2.07. The van der Waals surface area contributed by atoms with Crippen LogP contribution in [0, 0.1) is 10.2 Å². The van der Waals surface area contributed by atoms with Gasteiger partial charge in [-0.1, -0.05) is 6.07 Å². The van der Waals surface area contributed by atoms with E-state index in [1.54, 1.807) is 7.11 Å². The first kappa shape index (κ1) is 15.4. The topological polar surface area (TPSA) is 106 Å². The third-order valence-electron chi connectivity index (χ3n) is 2.81. The summed E-state index contributed by atoms with van der Waals surface area (Å²) in [6, 6.07) is 14.4. The number of nitrogens with zero attached hydrogens (tertiary/aromatic N) is 1. The van der Waals surface area contributed by atoms with Gasteiger partial charge in [0.25, 0.3) is 0 Å². The zero-order valence-electron chi connectivity index (χ0n) is 11.1. The molecule has 110 valence electrons. The normalized spacial score (nSPS) is 11.1. The van der Waals surface area contributed by atoms with Crippen LogP contribution in [0.2, 0.25) is 0 Å². The molecule has 0 N–H and O–H groups in total. The van der Waals surface area contributed by atoms with E-state index in [2.05, 4.69) is 28.8 Å². The first-order valence-corrected chi connectivity index (χ1v) is 7.10. The standard InChI is InChI=1S/C14H12NO.ClHO4/c1-16-14-7-4-5-11-10-15-8-3-2-6-12(15)9-13(11)14;2-1(3,4)5/h2-10H,1H3;(H,2,3,4,5)/q+1;/p-1. The van der Waals surface area contributed by atoms with Crippen LogP contribution >= 0.6 is 0 Å². The van der Waals surface area contributed by atoms with Gasteiger partial charge in [0.15, 0.2) is 12.4 Å². The lowest BCUT2D eigenvalue weighted by Gasteiger charge is -2.17. The Bertz CT molecular complexity index is 751. The smallest absolute Gasteiger partial charge is 0.211 e. The summed E-state index contributed by atoms with van der Waals surface area (Å²) in [6.45, 7) is 0. The summed E-state index contributed by atoms with van der Waals surface area (Å²) in [5.74, 6) is 0.920. The van der Waals surface area contributed by atoms with E-state index in [4.69, 9.17) is 23.4 Å². The lowest BCUT2D eigenvalue weighted by molar-refractivity contribution is -2.00. The second-order valence-corrected chi connectivity index (χ2v) is 4.90. The van der Waals surface area contributed by atoms with Crippen LogP contribution < -0.4 is 27.8 Å². The molecule has 3 aromatic rings. The SMILES string of the molecule is COc1cccc2c[n+]3ccccc3cc12.[O-][Cl+3]([O-])([O-])[O-]. The highest BCUT2D eigenvalue weighted by atomic mass is 35.7. The second-order valence-electron chi connectivity index (χ2n) is 4.15. The predicted molar refractivity (Wildman–Crippen MR) is 63.7 cm³/mol. The van der Waals surface area contributed by atoms with Gasteiger partial charge >= 0.3 is 0 Å². The van der Waals surface area contributed by atoms with Crippen molar-refractivity contribution >= 4 is 16.3 Å². The number of fused-ring (bicyclic) bond motifs is 2. The van der Waals surface area contributed by atoms with Crippen LogP contribution in [0.5, 0.6) is 5.75 Å². The van der Waals surface area contributed by atoms with Gasteiger partial charge in [-0.25, -0.2) is 18.6 Å². The summed E-state index contributed by atoms with van der Waals surface area (Å²) in [5.41, 5.74) is 1.17. The van der Waals surface area contributed by atoms with E-state index in [1.807, 2.05) is 30.5 Å². The first-order valence-electron chi connectivity index (χ1n) is 5.87. The summed E-state index contributed by atoms with van der Waals surface area (Å²) in [5, 5.41) is 2.33. The molecule has 0 aliphatic heterocycles. The van der Waals surface area contributed by atoms with Gasteiger partial charge in [-0.3, -0.25) is 0 Å². The Balaban J connectivity index is 0.000000282. The van der Waals surface area contributed by atoms with Gasteiger partial charge < -0.3 is 4.74 Å². The molecule has 0 bridgehead atoms. The van der Waals surface area contributed by atoms with Crippen molar-refractivity contribution in [2.24, 2.45) is 0 Å². The third kappa shape index (κ3) is 4.25. The molecule has 0 saturated heterocycles. The lowest BCUT2D eigenvalue weighted by Crippen LogP contribution is -2.68. The van der Waals surface area contributed by atoms with Gasteiger partial charge in [0.2, 0.25) is 5.52 Å². The maximum Gasteiger partial charge on any atom is 0.211 e. The van der Waals surface area contributed by atoms with Crippen LogP contribution in [-0.2, 0) is 0 Å². The fraction of sp³-hybridized carbons (Fsp3) is 0.0714. The summed E-state index contributed by atoms with van der Waals surface area (Å²) in [7, 11) is -3.24. The van der Waals surface area contributed by atoms with Crippen molar-refractivity contribution in [3.63, 3.8) is 0 Å². The number of aromatic nitrogens is 1. The molecule has 0 fully saturated rings. The summed E-state index contributed by atoms with van der Waals surface area (Å²) in [4.78, 5) is 0. The zero-order valence-corrected chi connectivity index (χ0v) is 11.8. The average Bonchev–Trinajstić information content (AvgIpc) is 2.42. The van der Waals surface area contributed by atoms with E-state index in [1.165, 1.54) is 10.9 Å². The quantitative estimate of drug-likeness (QED) is 0.376. The van der Waals surface area contributed by atoms with Crippen LogP contribution in [0.3, 0.4) is 0 Å². The third-order valence-corrected chi connectivity index (χ3v) is 2.81. The molecule has 0 radical (unpaired) electrons. The van der Waals surface area contributed by atoms with Gasteiger partial charge in [0, 0.05) is 29.0 Å². The van der Waals surface area contributed by atoms with E-state index in [0.717, 1.165) is 11.1 Å². The van der Waals surface area contributed by atoms with Gasteiger partial charge in [0.1, 0.15) is 5.75 Å². The zero-order chi connectivity index (χ0) is 15.5. The molecule has 1 aromatic carbocycles. The molecule has 0 amide bonds. The number of ether oxygens (including phenoxy) is 1. The van der Waals surface area contributed by atoms with Crippen LogP contribution in [0.4, 0.5) is 0 Å². The monoisotopic (exact) mass is 309 g/mol. The Morgan fingerprint density at radius 1 is 1.00 bits per heavy atom. The summed E-state index contributed by atoms with van der Waals surface area (Å²) in [6.07, 6.45) is 4.17. The molecule has 0 unspecified atom stereocenters. The van der Waals surface area contributed by atoms with E-state index in [9.17, 15) is 0 Å². The Morgan fingerprint density at radius 3 is 2.38 bits per heavy atom. The maximum atomic E-state index is 8.49. The van der Waals surface area contributed by atoms with E-state index in [-0.39, 0.29) is 0 Å². The Labute approximate surface area is 122 Å². The van der Waals surface area contributed by atoms with E-state index in [0.29, 0.717) is 0 Å². The van der Waals surface area contributed by atoms with Gasteiger partial charge in [-0.2, -0.15) is 4.40 Å². The molecular formula is C14H12ClNO5. The first-order chi connectivity index (χ1) is 9.88. The molecule has 0 spiro atoms. The van der Waals surface area contributed by atoms with Crippen LogP contribution in [-0.4, -0.2) is 7.11 Å². The number of pyridine rings is 2. The maximum absolute atomic E-state index is 8.49. The van der Waals surface area contributed by atoms with E-state index < -0.39 is 10.2 Å². The molecule has 3 rings (SSSR count). The summed E-state index contributed by atoms with van der Waals surface area (Å²) < 4.78 is 41.5. The number of hydrogen-bond acceptors (Lipinski definition) is 5. The van der Waals surface area contributed by atoms with Crippen molar-refractivity contribution in [3.05, 3.63) is 54.9 Å². The van der Waals surface area contributed by atoms with Crippen molar-refractivity contribution in [1.29, 1.82) is 0 Å². The second kappa shape index (κ2) is 6.21. The molecule has 0 saturated carbocycles. The van der Waals surface area contributed by atoms with Gasteiger partial charge in [0.05, 0.1) is 7.11 Å². The Kier molecular flexibility index (Phi) is 4.56. The molecule has 0 aliphatic rings. The summed E-state index contributed by atoms with van der Waals surface area (Å²) >= 11 is 0.